The number of hydrogen-bond donors (Lipinski definition) is 1. The van der Waals surface area contributed by atoms with Gasteiger partial charge in [-0.3, -0.25) is 4.90 Å². The SMILES string of the molecule is CC(CC1COCCN1)N(CCC#N)C1CC1. The molecule has 2 atom stereocenters. The lowest BCUT2D eigenvalue weighted by Gasteiger charge is -2.33. The first-order chi connectivity index (χ1) is 8.31. The first-order valence-electron chi connectivity index (χ1n) is 6.75. The molecule has 1 heterocycles. The summed E-state index contributed by atoms with van der Waals surface area (Å²) < 4.78 is 5.49. The molecule has 0 aromatic rings. The number of ether oxygens (including phenoxy) is 1. The summed E-state index contributed by atoms with van der Waals surface area (Å²) in [5, 5.41) is 12.2. The van der Waals surface area contributed by atoms with Crippen molar-refractivity contribution >= 4 is 0 Å². The zero-order chi connectivity index (χ0) is 12.1. The Morgan fingerprint density at radius 3 is 2.94 bits per heavy atom. The summed E-state index contributed by atoms with van der Waals surface area (Å²) in [7, 11) is 0. The van der Waals surface area contributed by atoms with Crippen LogP contribution in [-0.2, 0) is 4.74 Å². The number of hydrogen-bond acceptors (Lipinski definition) is 4. The highest BCUT2D eigenvalue weighted by Crippen LogP contribution is 2.29. The van der Waals surface area contributed by atoms with Crippen molar-refractivity contribution in [3.8, 4) is 6.07 Å². The minimum Gasteiger partial charge on any atom is -0.379 e. The maximum Gasteiger partial charge on any atom is 0.0635 e. The quantitative estimate of drug-likeness (QED) is 0.752. The van der Waals surface area contributed by atoms with E-state index in [2.05, 4.69) is 23.2 Å². The van der Waals surface area contributed by atoms with E-state index in [0.29, 0.717) is 18.5 Å². The predicted molar refractivity (Wildman–Crippen MR) is 66.6 cm³/mol. The van der Waals surface area contributed by atoms with E-state index in [1.807, 2.05) is 0 Å². The van der Waals surface area contributed by atoms with Gasteiger partial charge in [0.05, 0.1) is 19.3 Å². The number of nitriles is 1. The van der Waals surface area contributed by atoms with Gasteiger partial charge in [-0.05, 0) is 26.2 Å². The predicted octanol–water partition coefficient (Wildman–Crippen LogP) is 1.13. The first kappa shape index (κ1) is 12.8. The van der Waals surface area contributed by atoms with Crippen molar-refractivity contribution in [3.63, 3.8) is 0 Å². The van der Waals surface area contributed by atoms with Gasteiger partial charge in [0.2, 0.25) is 0 Å². The lowest BCUT2D eigenvalue weighted by atomic mass is 10.1. The van der Waals surface area contributed by atoms with E-state index in [4.69, 9.17) is 10.00 Å². The van der Waals surface area contributed by atoms with Crippen molar-refractivity contribution in [1.82, 2.24) is 10.2 Å². The molecule has 1 aliphatic carbocycles. The molecule has 0 spiro atoms. The Hall–Kier alpha value is -0.630. The second-order valence-corrected chi connectivity index (χ2v) is 5.19. The lowest BCUT2D eigenvalue weighted by molar-refractivity contribution is 0.0611. The smallest absolute Gasteiger partial charge is 0.0635 e. The highest BCUT2D eigenvalue weighted by atomic mass is 16.5. The topological polar surface area (TPSA) is 48.3 Å². The van der Waals surface area contributed by atoms with Crippen molar-refractivity contribution < 1.29 is 4.74 Å². The Morgan fingerprint density at radius 2 is 2.35 bits per heavy atom. The summed E-state index contributed by atoms with van der Waals surface area (Å²) in [6.07, 6.45) is 4.39. The van der Waals surface area contributed by atoms with E-state index in [1.54, 1.807) is 0 Å². The standard InChI is InChI=1S/C13H23N3O/c1-11(9-12-10-17-8-6-15-12)16(7-2-5-14)13-3-4-13/h11-13,15H,2-4,6-10H2,1H3. The van der Waals surface area contributed by atoms with Gasteiger partial charge in [0, 0.05) is 37.6 Å². The molecule has 17 heavy (non-hydrogen) atoms. The summed E-state index contributed by atoms with van der Waals surface area (Å²) in [5.74, 6) is 0. The largest absolute Gasteiger partial charge is 0.379 e. The molecule has 2 aliphatic rings. The van der Waals surface area contributed by atoms with Crippen LogP contribution >= 0.6 is 0 Å². The maximum absolute atomic E-state index is 8.71. The molecule has 2 fully saturated rings. The minimum absolute atomic E-state index is 0.488. The second-order valence-electron chi connectivity index (χ2n) is 5.19. The Kier molecular flexibility index (Phi) is 4.78. The van der Waals surface area contributed by atoms with Crippen LogP contribution in [0.2, 0.25) is 0 Å². The molecule has 0 bridgehead atoms. The average molecular weight is 237 g/mol. The van der Waals surface area contributed by atoms with E-state index < -0.39 is 0 Å². The van der Waals surface area contributed by atoms with Gasteiger partial charge in [0.15, 0.2) is 0 Å². The normalized spacial score (nSPS) is 26.8. The van der Waals surface area contributed by atoms with E-state index in [9.17, 15) is 0 Å². The molecule has 0 aromatic heterocycles. The summed E-state index contributed by atoms with van der Waals surface area (Å²) in [6, 6.07) is 4.04. The third kappa shape index (κ3) is 3.95. The highest BCUT2D eigenvalue weighted by Gasteiger charge is 2.32. The van der Waals surface area contributed by atoms with Crippen molar-refractivity contribution in [1.29, 1.82) is 5.26 Å². The van der Waals surface area contributed by atoms with Crippen LogP contribution in [0.4, 0.5) is 0 Å². The summed E-state index contributed by atoms with van der Waals surface area (Å²) in [4.78, 5) is 2.51. The van der Waals surface area contributed by atoms with Gasteiger partial charge in [0.1, 0.15) is 0 Å². The Labute approximate surface area is 104 Å². The lowest BCUT2D eigenvalue weighted by Crippen LogP contribution is -2.46. The Morgan fingerprint density at radius 1 is 1.53 bits per heavy atom. The third-order valence-electron chi connectivity index (χ3n) is 3.69. The van der Waals surface area contributed by atoms with Crippen LogP contribution in [0.15, 0.2) is 0 Å². The second kappa shape index (κ2) is 6.34. The molecule has 1 saturated heterocycles. The number of nitrogens with one attached hydrogen (secondary N) is 1. The fraction of sp³-hybridized carbons (Fsp3) is 0.923. The van der Waals surface area contributed by atoms with E-state index >= 15 is 0 Å². The third-order valence-corrected chi connectivity index (χ3v) is 3.69. The van der Waals surface area contributed by atoms with Crippen molar-refractivity contribution in [2.75, 3.05) is 26.3 Å². The van der Waals surface area contributed by atoms with Gasteiger partial charge in [-0.2, -0.15) is 5.26 Å². The number of morpholine rings is 1. The van der Waals surface area contributed by atoms with Gasteiger partial charge in [0.25, 0.3) is 0 Å². The van der Waals surface area contributed by atoms with Crippen LogP contribution in [0.5, 0.6) is 0 Å². The maximum atomic E-state index is 8.71. The van der Waals surface area contributed by atoms with Crippen molar-refractivity contribution in [2.24, 2.45) is 0 Å². The molecule has 0 radical (unpaired) electrons. The van der Waals surface area contributed by atoms with Crippen LogP contribution in [0, 0.1) is 11.3 Å². The molecule has 2 unspecified atom stereocenters. The van der Waals surface area contributed by atoms with Gasteiger partial charge < -0.3 is 10.1 Å². The van der Waals surface area contributed by atoms with Crippen molar-refractivity contribution in [2.45, 2.75) is 50.7 Å². The zero-order valence-corrected chi connectivity index (χ0v) is 10.7. The van der Waals surface area contributed by atoms with Gasteiger partial charge in [-0.15, -0.1) is 0 Å². The molecule has 4 heteroatoms. The molecule has 0 aromatic carbocycles. The number of rotatable bonds is 6. The Bertz CT molecular complexity index is 266. The molecule has 1 N–H and O–H groups in total. The van der Waals surface area contributed by atoms with E-state index in [1.165, 1.54) is 12.8 Å². The van der Waals surface area contributed by atoms with Gasteiger partial charge >= 0.3 is 0 Å². The van der Waals surface area contributed by atoms with Crippen LogP contribution in [0.1, 0.15) is 32.6 Å². The van der Waals surface area contributed by atoms with Crippen LogP contribution in [-0.4, -0.2) is 49.3 Å². The molecule has 1 saturated carbocycles. The van der Waals surface area contributed by atoms with Gasteiger partial charge in [-0.25, -0.2) is 0 Å². The van der Waals surface area contributed by atoms with Crippen LogP contribution < -0.4 is 5.32 Å². The molecular formula is C13H23N3O. The molecule has 1 aliphatic heterocycles. The average Bonchev–Trinajstić information content (AvgIpc) is 3.15. The van der Waals surface area contributed by atoms with Crippen LogP contribution in [0.25, 0.3) is 0 Å². The molecule has 96 valence electrons. The molecule has 2 rings (SSSR count). The monoisotopic (exact) mass is 237 g/mol. The molecule has 4 nitrogen and oxygen atoms in total. The summed E-state index contributed by atoms with van der Waals surface area (Å²) in [5.41, 5.74) is 0. The fourth-order valence-corrected chi connectivity index (χ4v) is 2.67. The van der Waals surface area contributed by atoms with E-state index in [0.717, 1.165) is 38.8 Å². The van der Waals surface area contributed by atoms with Gasteiger partial charge in [-0.1, -0.05) is 0 Å². The summed E-state index contributed by atoms with van der Waals surface area (Å²) in [6.45, 7) is 5.85. The fourth-order valence-electron chi connectivity index (χ4n) is 2.67. The van der Waals surface area contributed by atoms with Crippen molar-refractivity contribution in [3.05, 3.63) is 0 Å². The minimum atomic E-state index is 0.488. The Balaban J connectivity index is 1.78. The first-order valence-corrected chi connectivity index (χ1v) is 6.75. The zero-order valence-electron chi connectivity index (χ0n) is 10.7. The van der Waals surface area contributed by atoms with Crippen LogP contribution in [0.3, 0.4) is 0 Å². The van der Waals surface area contributed by atoms with E-state index in [-0.39, 0.29) is 0 Å². The number of nitrogens with zero attached hydrogens (tertiary/aromatic N) is 2. The molecular weight excluding hydrogens is 214 g/mol. The highest BCUT2D eigenvalue weighted by molar-refractivity contribution is 4.90. The summed E-state index contributed by atoms with van der Waals surface area (Å²) >= 11 is 0. The molecule has 0 amide bonds.